The van der Waals surface area contributed by atoms with Crippen molar-refractivity contribution in [3.05, 3.63) is 66.0 Å². The highest BCUT2D eigenvalue weighted by Crippen LogP contribution is 2.40. The normalized spacial score (nSPS) is 31.2. The van der Waals surface area contributed by atoms with Crippen LogP contribution in [0.2, 0.25) is 0 Å². The number of Topliss-reactive ketones (excluding diaryl/α,β-unsaturated/α-hetero) is 1. The standard InChI is InChI=1S/C22H19FN2O3/c23-14-8-4-9-15(12-14)25-21(27)17-16-10-5-11-24(16)19(18(17)22(25)28)20(26)13-6-2-1-3-7-13/h1-4,6-9,12,16-19H,5,10-11H2/p+1/t16-,17+,18+,19+/m0/s1. The van der Waals surface area contributed by atoms with E-state index in [0.717, 1.165) is 29.2 Å². The molecule has 0 aliphatic carbocycles. The fourth-order valence-electron chi connectivity index (χ4n) is 5.39. The highest BCUT2D eigenvalue weighted by molar-refractivity contribution is 6.24. The van der Waals surface area contributed by atoms with Crippen molar-refractivity contribution in [2.75, 3.05) is 11.4 Å². The lowest BCUT2D eigenvalue weighted by Crippen LogP contribution is -3.16. The van der Waals surface area contributed by atoms with E-state index in [9.17, 15) is 18.8 Å². The Labute approximate surface area is 161 Å². The van der Waals surface area contributed by atoms with Crippen LogP contribution in [-0.2, 0) is 9.59 Å². The Morgan fingerprint density at radius 3 is 2.50 bits per heavy atom. The zero-order chi connectivity index (χ0) is 19.4. The van der Waals surface area contributed by atoms with Crippen molar-refractivity contribution in [2.24, 2.45) is 11.8 Å². The molecule has 3 saturated heterocycles. The number of hydrogen-bond donors (Lipinski definition) is 1. The molecule has 0 spiro atoms. The summed E-state index contributed by atoms with van der Waals surface area (Å²) < 4.78 is 13.7. The average molecular weight is 379 g/mol. The van der Waals surface area contributed by atoms with E-state index in [1.54, 1.807) is 30.3 Å². The van der Waals surface area contributed by atoms with E-state index < -0.39 is 23.7 Å². The van der Waals surface area contributed by atoms with Crippen LogP contribution in [-0.4, -0.2) is 36.2 Å². The highest BCUT2D eigenvalue weighted by atomic mass is 19.1. The van der Waals surface area contributed by atoms with E-state index in [4.69, 9.17) is 0 Å². The second-order valence-corrected chi connectivity index (χ2v) is 7.82. The van der Waals surface area contributed by atoms with Gasteiger partial charge in [0.1, 0.15) is 23.7 Å². The number of hydrogen-bond acceptors (Lipinski definition) is 3. The van der Waals surface area contributed by atoms with Gasteiger partial charge in [0.25, 0.3) is 0 Å². The molecule has 1 N–H and O–H groups in total. The molecular weight excluding hydrogens is 359 g/mol. The molecule has 2 amide bonds. The van der Waals surface area contributed by atoms with Crippen molar-refractivity contribution in [2.45, 2.75) is 24.9 Å². The first-order valence-corrected chi connectivity index (χ1v) is 9.66. The Morgan fingerprint density at radius 2 is 1.75 bits per heavy atom. The van der Waals surface area contributed by atoms with Gasteiger partial charge < -0.3 is 4.90 Å². The summed E-state index contributed by atoms with van der Waals surface area (Å²) in [7, 11) is 0. The van der Waals surface area contributed by atoms with Gasteiger partial charge >= 0.3 is 0 Å². The van der Waals surface area contributed by atoms with Crippen LogP contribution < -0.4 is 9.80 Å². The molecule has 28 heavy (non-hydrogen) atoms. The molecule has 0 aromatic heterocycles. The lowest BCUT2D eigenvalue weighted by molar-refractivity contribution is -0.915. The number of rotatable bonds is 3. The van der Waals surface area contributed by atoms with E-state index in [0.29, 0.717) is 5.56 Å². The number of carbonyl (C=O) groups is 3. The summed E-state index contributed by atoms with van der Waals surface area (Å²) >= 11 is 0. The van der Waals surface area contributed by atoms with Gasteiger partial charge in [-0.2, -0.15) is 0 Å². The van der Waals surface area contributed by atoms with Crippen LogP contribution in [0.1, 0.15) is 23.2 Å². The molecule has 5 nitrogen and oxygen atoms in total. The van der Waals surface area contributed by atoms with Gasteiger partial charge in [0.2, 0.25) is 17.6 Å². The number of anilines is 1. The third kappa shape index (κ3) is 2.37. The molecule has 142 valence electrons. The Hall–Kier alpha value is -2.86. The van der Waals surface area contributed by atoms with Gasteiger partial charge in [-0.25, -0.2) is 9.29 Å². The lowest BCUT2D eigenvalue weighted by Gasteiger charge is -2.25. The van der Waals surface area contributed by atoms with Gasteiger partial charge in [-0.15, -0.1) is 0 Å². The number of quaternary nitrogens is 1. The number of imide groups is 1. The minimum atomic E-state index is -0.677. The summed E-state index contributed by atoms with van der Waals surface area (Å²) in [6.07, 6.45) is 1.76. The van der Waals surface area contributed by atoms with Gasteiger partial charge in [0, 0.05) is 18.4 Å². The fraction of sp³-hybridized carbons (Fsp3) is 0.318. The van der Waals surface area contributed by atoms with Crippen LogP contribution in [0.5, 0.6) is 0 Å². The molecule has 2 aromatic carbocycles. The molecule has 2 aromatic rings. The van der Waals surface area contributed by atoms with Crippen LogP contribution in [0.3, 0.4) is 0 Å². The Balaban J connectivity index is 1.56. The Bertz CT molecular complexity index is 977. The van der Waals surface area contributed by atoms with Crippen molar-refractivity contribution < 1.29 is 23.7 Å². The summed E-state index contributed by atoms with van der Waals surface area (Å²) in [4.78, 5) is 42.0. The number of halogens is 1. The summed E-state index contributed by atoms with van der Waals surface area (Å²) in [6, 6.07) is 13.9. The fourth-order valence-corrected chi connectivity index (χ4v) is 5.39. The molecule has 3 fully saturated rings. The zero-order valence-electron chi connectivity index (χ0n) is 15.2. The maximum absolute atomic E-state index is 13.7. The van der Waals surface area contributed by atoms with Gasteiger partial charge in [0.05, 0.1) is 12.2 Å². The molecule has 1 unspecified atom stereocenters. The predicted octanol–water partition coefficient (Wildman–Crippen LogP) is 1.24. The van der Waals surface area contributed by atoms with Crippen LogP contribution >= 0.6 is 0 Å². The van der Waals surface area contributed by atoms with Crippen LogP contribution in [0.15, 0.2) is 54.6 Å². The van der Waals surface area contributed by atoms with E-state index in [1.807, 2.05) is 6.07 Å². The molecule has 3 heterocycles. The minimum Gasteiger partial charge on any atom is -0.322 e. The third-order valence-electron chi connectivity index (χ3n) is 6.45. The van der Waals surface area contributed by atoms with Crippen molar-refractivity contribution in [3.8, 4) is 0 Å². The van der Waals surface area contributed by atoms with Crippen LogP contribution in [0.25, 0.3) is 0 Å². The van der Waals surface area contributed by atoms with Crippen molar-refractivity contribution in [3.63, 3.8) is 0 Å². The molecule has 0 bridgehead atoms. The first-order chi connectivity index (χ1) is 13.6. The monoisotopic (exact) mass is 379 g/mol. The Kier molecular flexibility index (Phi) is 3.91. The number of nitrogens with one attached hydrogen (secondary N) is 1. The number of fused-ring (bicyclic) bond motifs is 3. The maximum Gasteiger partial charge on any atom is 0.244 e. The number of nitrogens with zero attached hydrogens (tertiary/aromatic N) is 1. The molecule has 3 aliphatic heterocycles. The molecule has 5 rings (SSSR count). The van der Waals surface area contributed by atoms with E-state index in [2.05, 4.69) is 0 Å². The van der Waals surface area contributed by atoms with Crippen LogP contribution in [0, 0.1) is 17.7 Å². The van der Waals surface area contributed by atoms with Gasteiger partial charge in [-0.05, 0) is 18.2 Å². The van der Waals surface area contributed by atoms with E-state index in [1.165, 1.54) is 18.2 Å². The van der Waals surface area contributed by atoms with E-state index in [-0.39, 0.29) is 29.3 Å². The van der Waals surface area contributed by atoms with Gasteiger partial charge in [-0.3, -0.25) is 14.4 Å². The van der Waals surface area contributed by atoms with Crippen molar-refractivity contribution in [1.82, 2.24) is 0 Å². The number of benzene rings is 2. The van der Waals surface area contributed by atoms with E-state index >= 15 is 0 Å². The first kappa shape index (κ1) is 17.3. The molecular formula is C22H20FN2O3+. The summed E-state index contributed by atoms with van der Waals surface area (Å²) in [5.41, 5.74) is 0.811. The molecule has 0 saturated carbocycles. The van der Waals surface area contributed by atoms with Crippen LogP contribution in [0.4, 0.5) is 10.1 Å². The topological polar surface area (TPSA) is 58.9 Å². The van der Waals surface area contributed by atoms with Crippen molar-refractivity contribution >= 4 is 23.3 Å². The summed E-state index contributed by atoms with van der Waals surface area (Å²) in [5, 5.41) is 0. The number of ketones is 1. The Morgan fingerprint density at radius 1 is 1.00 bits per heavy atom. The zero-order valence-corrected chi connectivity index (χ0v) is 15.2. The minimum absolute atomic E-state index is 0.0299. The molecule has 6 heteroatoms. The largest absolute Gasteiger partial charge is 0.322 e. The highest BCUT2D eigenvalue weighted by Gasteiger charge is 2.68. The SMILES string of the molecule is O=C(c1ccccc1)[C@H]1[C@@H]2C(=O)N(c3cccc(F)c3)C(=O)[C@@H]2[C@@H]2CCC[NH+]21. The smallest absolute Gasteiger partial charge is 0.244 e. The van der Waals surface area contributed by atoms with Gasteiger partial charge in [0.15, 0.2) is 6.04 Å². The lowest BCUT2D eigenvalue weighted by atomic mass is 9.85. The first-order valence-electron chi connectivity index (χ1n) is 9.66. The second kappa shape index (κ2) is 6.34. The number of amides is 2. The maximum atomic E-state index is 13.7. The molecule has 5 atom stereocenters. The average Bonchev–Trinajstić information content (AvgIpc) is 3.34. The second-order valence-electron chi connectivity index (χ2n) is 7.82. The number of carbonyl (C=O) groups excluding carboxylic acids is 3. The third-order valence-corrected chi connectivity index (χ3v) is 6.45. The predicted molar refractivity (Wildman–Crippen MR) is 99.3 cm³/mol. The molecule has 0 radical (unpaired) electrons. The summed E-state index contributed by atoms with van der Waals surface area (Å²) in [5.74, 6) is -2.45. The molecule has 3 aliphatic rings. The quantitative estimate of drug-likeness (QED) is 0.645. The van der Waals surface area contributed by atoms with Gasteiger partial charge in [-0.1, -0.05) is 36.4 Å². The van der Waals surface area contributed by atoms with Crippen molar-refractivity contribution in [1.29, 1.82) is 0 Å². The summed E-state index contributed by atoms with van der Waals surface area (Å²) in [6.45, 7) is 0.793.